The van der Waals surface area contributed by atoms with E-state index in [9.17, 15) is 19.3 Å². The van der Waals surface area contributed by atoms with Crippen LogP contribution < -0.4 is 5.32 Å². The van der Waals surface area contributed by atoms with Crippen molar-refractivity contribution in [3.05, 3.63) is 69.0 Å². The van der Waals surface area contributed by atoms with Gasteiger partial charge in [-0.05, 0) is 31.2 Å². The monoisotopic (exact) mass is 338 g/mol. The molecule has 0 aliphatic rings. The van der Waals surface area contributed by atoms with Crippen molar-refractivity contribution in [3.63, 3.8) is 0 Å². The van der Waals surface area contributed by atoms with Crippen LogP contribution in [0.25, 0.3) is 0 Å². The second-order valence-corrected chi connectivity index (χ2v) is 5.02. The van der Waals surface area contributed by atoms with Crippen LogP contribution in [0.5, 0.6) is 0 Å². The lowest BCUT2D eigenvalue weighted by atomic mass is 10.1. The Morgan fingerprint density at radius 3 is 2.52 bits per heavy atom. The third kappa shape index (κ3) is 4.17. The highest BCUT2D eigenvalue weighted by molar-refractivity contribution is 6.31. The Morgan fingerprint density at radius 1 is 1.30 bits per heavy atom. The zero-order valence-corrected chi connectivity index (χ0v) is 12.7. The van der Waals surface area contributed by atoms with E-state index < -0.39 is 22.9 Å². The summed E-state index contributed by atoms with van der Waals surface area (Å²) < 4.78 is 18.8. The Balaban J connectivity index is 2.03. The molecule has 2 aromatic rings. The van der Waals surface area contributed by atoms with Gasteiger partial charge < -0.3 is 4.74 Å². The van der Waals surface area contributed by atoms with Gasteiger partial charge in [0.2, 0.25) is 0 Å². The number of amides is 1. The summed E-state index contributed by atoms with van der Waals surface area (Å²) in [6, 6.07) is 9.37. The fourth-order valence-corrected chi connectivity index (χ4v) is 2.25. The largest absolute Gasteiger partial charge is 0.441 e. The molecule has 0 fully saturated rings. The number of benzene rings is 2. The molecule has 2 rings (SSSR count). The quantitative estimate of drug-likeness (QED) is 0.647. The fraction of sp³-hybridized carbons (Fsp3) is 0.133. The van der Waals surface area contributed by atoms with E-state index in [4.69, 9.17) is 16.3 Å². The first-order valence-corrected chi connectivity index (χ1v) is 6.92. The number of nitro groups is 1. The van der Waals surface area contributed by atoms with E-state index >= 15 is 0 Å². The molecule has 0 bridgehead atoms. The molecule has 1 atom stereocenters. The number of anilines is 1. The number of nitro benzene ring substituents is 1. The Morgan fingerprint density at radius 2 is 1.96 bits per heavy atom. The summed E-state index contributed by atoms with van der Waals surface area (Å²) in [5.74, 6) is -0.576. The minimum Gasteiger partial charge on any atom is -0.441 e. The smallest absolute Gasteiger partial charge is 0.412 e. The zero-order chi connectivity index (χ0) is 17.0. The number of nitrogens with zero attached hydrogens (tertiary/aromatic N) is 1. The van der Waals surface area contributed by atoms with Crippen LogP contribution in [0.15, 0.2) is 42.5 Å². The van der Waals surface area contributed by atoms with Gasteiger partial charge in [-0.2, -0.15) is 0 Å². The van der Waals surface area contributed by atoms with Crippen LogP contribution in [0.2, 0.25) is 5.02 Å². The van der Waals surface area contributed by atoms with Crippen LogP contribution in [0, 0.1) is 15.9 Å². The van der Waals surface area contributed by atoms with E-state index in [0.717, 1.165) is 0 Å². The molecular weight excluding hydrogens is 327 g/mol. The summed E-state index contributed by atoms with van der Waals surface area (Å²) in [7, 11) is 0. The molecule has 8 heteroatoms. The SMILES string of the molecule is CC(OC(=O)Nc1ccc([N+](=O)[O-])cc1)c1c(F)cccc1Cl. The lowest BCUT2D eigenvalue weighted by molar-refractivity contribution is -0.384. The van der Waals surface area contributed by atoms with Gasteiger partial charge in [0.25, 0.3) is 5.69 Å². The normalized spacial score (nSPS) is 11.6. The van der Waals surface area contributed by atoms with Crippen LogP contribution in [0.4, 0.5) is 20.6 Å². The van der Waals surface area contributed by atoms with Gasteiger partial charge in [0.15, 0.2) is 0 Å². The molecule has 0 spiro atoms. The number of hydrogen-bond donors (Lipinski definition) is 1. The Labute approximate surface area is 136 Å². The average Bonchev–Trinajstić information content (AvgIpc) is 2.47. The number of non-ortho nitro benzene ring substituents is 1. The molecule has 0 aliphatic heterocycles. The summed E-state index contributed by atoms with van der Waals surface area (Å²) >= 11 is 5.90. The fourth-order valence-electron chi connectivity index (χ4n) is 1.93. The predicted molar refractivity (Wildman–Crippen MR) is 83.0 cm³/mol. The number of halogens is 2. The van der Waals surface area contributed by atoms with Crippen LogP contribution in [0.1, 0.15) is 18.6 Å². The zero-order valence-electron chi connectivity index (χ0n) is 12.0. The van der Waals surface area contributed by atoms with Gasteiger partial charge in [0, 0.05) is 23.4 Å². The van der Waals surface area contributed by atoms with Gasteiger partial charge in [0.05, 0.1) is 9.95 Å². The topological polar surface area (TPSA) is 81.5 Å². The van der Waals surface area contributed by atoms with Gasteiger partial charge in [-0.25, -0.2) is 9.18 Å². The summed E-state index contributed by atoms with van der Waals surface area (Å²) in [6.45, 7) is 1.49. The van der Waals surface area contributed by atoms with Crippen molar-refractivity contribution in [1.82, 2.24) is 0 Å². The molecule has 2 aromatic carbocycles. The van der Waals surface area contributed by atoms with E-state index in [2.05, 4.69) is 5.32 Å². The molecule has 0 heterocycles. The van der Waals surface area contributed by atoms with E-state index in [1.165, 1.54) is 49.4 Å². The van der Waals surface area contributed by atoms with Gasteiger partial charge in [-0.3, -0.25) is 15.4 Å². The van der Waals surface area contributed by atoms with E-state index in [1.54, 1.807) is 0 Å². The molecule has 1 N–H and O–H groups in total. The van der Waals surface area contributed by atoms with Crippen LogP contribution >= 0.6 is 11.6 Å². The minimum absolute atomic E-state index is 0.0769. The number of nitrogens with one attached hydrogen (secondary N) is 1. The highest BCUT2D eigenvalue weighted by Crippen LogP contribution is 2.28. The lowest BCUT2D eigenvalue weighted by Gasteiger charge is -2.16. The van der Waals surface area contributed by atoms with Crippen molar-refractivity contribution < 1.29 is 18.8 Å². The Kier molecular flexibility index (Phi) is 5.13. The lowest BCUT2D eigenvalue weighted by Crippen LogP contribution is -2.16. The first kappa shape index (κ1) is 16.7. The molecular formula is C15H12ClFN2O4. The van der Waals surface area contributed by atoms with Gasteiger partial charge in [-0.1, -0.05) is 17.7 Å². The van der Waals surface area contributed by atoms with Crippen LogP contribution in [0.3, 0.4) is 0 Å². The van der Waals surface area contributed by atoms with Crippen molar-refractivity contribution in [2.75, 3.05) is 5.32 Å². The maximum absolute atomic E-state index is 13.7. The molecule has 0 aliphatic carbocycles. The maximum Gasteiger partial charge on any atom is 0.412 e. The molecule has 0 aromatic heterocycles. The highest BCUT2D eigenvalue weighted by atomic mass is 35.5. The van der Waals surface area contributed by atoms with Crippen molar-refractivity contribution in [2.24, 2.45) is 0 Å². The number of hydrogen-bond acceptors (Lipinski definition) is 4. The first-order chi connectivity index (χ1) is 10.9. The summed E-state index contributed by atoms with van der Waals surface area (Å²) in [5.41, 5.74) is 0.288. The molecule has 23 heavy (non-hydrogen) atoms. The molecule has 6 nitrogen and oxygen atoms in total. The minimum atomic E-state index is -0.901. The first-order valence-electron chi connectivity index (χ1n) is 6.54. The number of carbonyl (C=O) groups is 1. The van der Waals surface area contributed by atoms with Gasteiger partial charge >= 0.3 is 6.09 Å². The van der Waals surface area contributed by atoms with E-state index in [1.807, 2.05) is 0 Å². The molecule has 0 radical (unpaired) electrons. The molecule has 120 valence electrons. The van der Waals surface area contributed by atoms with Crippen molar-refractivity contribution in [2.45, 2.75) is 13.0 Å². The van der Waals surface area contributed by atoms with E-state index in [0.29, 0.717) is 5.69 Å². The summed E-state index contributed by atoms with van der Waals surface area (Å²) in [6.07, 6.45) is -1.73. The van der Waals surface area contributed by atoms with Crippen molar-refractivity contribution >= 4 is 29.1 Å². The van der Waals surface area contributed by atoms with Crippen molar-refractivity contribution in [1.29, 1.82) is 0 Å². The Hall–Kier alpha value is -2.67. The molecule has 1 unspecified atom stereocenters. The third-order valence-electron chi connectivity index (χ3n) is 3.01. The molecule has 1 amide bonds. The maximum atomic E-state index is 13.7. The highest BCUT2D eigenvalue weighted by Gasteiger charge is 2.19. The summed E-state index contributed by atoms with van der Waals surface area (Å²) in [5, 5.41) is 13.1. The van der Waals surface area contributed by atoms with Crippen LogP contribution in [-0.2, 0) is 4.74 Å². The third-order valence-corrected chi connectivity index (χ3v) is 3.34. The van der Waals surface area contributed by atoms with E-state index in [-0.39, 0.29) is 16.3 Å². The summed E-state index contributed by atoms with van der Waals surface area (Å²) in [4.78, 5) is 21.8. The predicted octanol–water partition coefficient (Wildman–Crippen LogP) is 4.70. The number of carbonyl (C=O) groups excluding carboxylic acids is 1. The van der Waals surface area contributed by atoms with Gasteiger partial charge in [0.1, 0.15) is 11.9 Å². The molecule has 0 saturated carbocycles. The second-order valence-electron chi connectivity index (χ2n) is 4.61. The Bertz CT molecular complexity index is 717. The standard InChI is InChI=1S/C15H12ClFN2O4/c1-9(14-12(16)3-2-4-13(14)17)23-15(20)18-10-5-7-11(8-6-10)19(21)22/h2-9H,1H3,(H,18,20). The second kappa shape index (κ2) is 7.06. The molecule has 0 saturated heterocycles. The van der Waals surface area contributed by atoms with Crippen LogP contribution in [-0.4, -0.2) is 11.0 Å². The average molecular weight is 339 g/mol. The number of rotatable bonds is 4. The van der Waals surface area contributed by atoms with Gasteiger partial charge in [-0.15, -0.1) is 0 Å². The number of ether oxygens (including phenoxy) is 1. The van der Waals surface area contributed by atoms with Crippen molar-refractivity contribution in [3.8, 4) is 0 Å².